The van der Waals surface area contributed by atoms with Crippen LogP contribution in [0.2, 0.25) is 0 Å². The van der Waals surface area contributed by atoms with Gasteiger partial charge in [-0.1, -0.05) is 13.8 Å². The number of aromatic nitrogens is 1. The largest absolute Gasteiger partial charge is 0.271 e. The molecule has 1 heterocycles. The van der Waals surface area contributed by atoms with Crippen molar-refractivity contribution in [1.82, 2.24) is 10.4 Å². The minimum atomic E-state index is 0.0903. The van der Waals surface area contributed by atoms with Crippen LogP contribution in [0.3, 0.4) is 0 Å². The van der Waals surface area contributed by atoms with Gasteiger partial charge in [-0.3, -0.25) is 16.3 Å². The minimum Gasteiger partial charge on any atom is -0.271 e. The number of hydrogen-bond donors (Lipinski definition) is 2. The quantitative estimate of drug-likeness (QED) is 0.656. The topological polar surface area (TPSA) is 50.9 Å². The second-order valence-electron chi connectivity index (χ2n) is 3.87. The fourth-order valence-corrected chi connectivity index (χ4v) is 2.68. The molecule has 0 saturated heterocycles. The monoisotopic (exact) mass is 335 g/mol. The van der Waals surface area contributed by atoms with Crippen molar-refractivity contribution in [3.63, 3.8) is 0 Å². The predicted octanol–water partition coefficient (Wildman–Crippen LogP) is 3.16. The SMILES string of the molecule is CC(C)CC(NN)c1ncc(Br)cc1Br. The van der Waals surface area contributed by atoms with Crippen LogP contribution in [0.1, 0.15) is 32.0 Å². The lowest BCUT2D eigenvalue weighted by Gasteiger charge is -2.18. The van der Waals surface area contributed by atoms with Crippen molar-refractivity contribution in [2.24, 2.45) is 11.8 Å². The van der Waals surface area contributed by atoms with Crippen LogP contribution in [0.4, 0.5) is 0 Å². The van der Waals surface area contributed by atoms with Gasteiger partial charge < -0.3 is 0 Å². The summed E-state index contributed by atoms with van der Waals surface area (Å²) in [5.41, 5.74) is 3.76. The Hall–Kier alpha value is 0.0300. The van der Waals surface area contributed by atoms with Gasteiger partial charge in [0.1, 0.15) is 0 Å². The van der Waals surface area contributed by atoms with Crippen molar-refractivity contribution in [3.05, 3.63) is 26.9 Å². The van der Waals surface area contributed by atoms with Crippen LogP contribution < -0.4 is 11.3 Å². The average Bonchev–Trinajstić information content (AvgIpc) is 2.14. The van der Waals surface area contributed by atoms with Gasteiger partial charge in [-0.25, -0.2) is 0 Å². The van der Waals surface area contributed by atoms with Gasteiger partial charge in [-0.15, -0.1) is 0 Å². The van der Waals surface area contributed by atoms with Crippen molar-refractivity contribution >= 4 is 31.9 Å². The Bertz CT molecular complexity index is 328. The van der Waals surface area contributed by atoms with E-state index in [1.807, 2.05) is 6.07 Å². The fourth-order valence-electron chi connectivity index (χ4n) is 1.41. The number of halogens is 2. The molecule has 0 fully saturated rings. The summed E-state index contributed by atoms with van der Waals surface area (Å²) in [6.45, 7) is 4.33. The van der Waals surface area contributed by atoms with Gasteiger partial charge in [0.05, 0.1) is 11.7 Å². The molecule has 1 aromatic heterocycles. The van der Waals surface area contributed by atoms with Crippen LogP contribution in [-0.4, -0.2) is 4.98 Å². The van der Waals surface area contributed by atoms with Crippen molar-refractivity contribution < 1.29 is 0 Å². The highest BCUT2D eigenvalue weighted by atomic mass is 79.9. The number of pyridine rings is 1. The van der Waals surface area contributed by atoms with Crippen LogP contribution in [-0.2, 0) is 0 Å². The molecule has 0 spiro atoms. The molecule has 5 heteroatoms. The van der Waals surface area contributed by atoms with E-state index in [9.17, 15) is 0 Å². The Kier molecular flexibility index (Phi) is 5.18. The molecule has 0 radical (unpaired) electrons. The van der Waals surface area contributed by atoms with Gasteiger partial charge in [-0.05, 0) is 50.3 Å². The van der Waals surface area contributed by atoms with E-state index in [1.54, 1.807) is 6.20 Å². The van der Waals surface area contributed by atoms with E-state index >= 15 is 0 Å². The third-order valence-electron chi connectivity index (χ3n) is 2.07. The summed E-state index contributed by atoms with van der Waals surface area (Å²) >= 11 is 6.86. The highest BCUT2D eigenvalue weighted by Crippen LogP contribution is 2.27. The first-order valence-corrected chi connectivity index (χ1v) is 6.40. The van der Waals surface area contributed by atoms with Gasteiger partial charge in [0.2, 0.25) is 0 Å². The van der Waals surface area contributed by atoms with Gasteiger partial charge in [0, 0.05) is 15.1 Å². The first-order valence-electron chi connectivity index (χ1n) is 4.81. The van der Waals surface area contributed by atoms with Crippen LogP contribution in [0.15, 0.2) is 21.2 Å². The third-order valence-corrected chi connectivity index (χ3v) is 3.14. The molecule has 84 valence electrons. The lowest BCUT2D eigenvalue weighted by atomic mass is 10.0. The van der Waals surface area contributed by atoms with E-state index in [1.165, 1.54) is 0 Å². The molecule has 3 nitrogen and oxygen atoms in total. The molecular weight excluding hydrogens is 322 g/mol. The summed E-state index contributed by atoms with van der Waals surface area (Å²) < 4.78 is 1.93. The van der Waals surface area contributed by atoms with Crippen molar-refractivity contribution in [3.8, 4) is 0 Å². The first-order chi connectivity index (χ1) is 7.04. The number of hydrazine groups is 1. The Morgan fingerprint density at radius 1 is 1.47 bits per heavy atom. The normalized spacial score (nSPS) is 13.2. The second kappa shape index (κ2) is 5.94. The maximum Gasteiger partial charge on any atom is 0.0729 e. The molecule has 0 aliphatic carbocycles. The maximum atomic E-state index is 5.54. The Morgan fingerprint density at radius 2 is 2.13 bits per heavy atom. The zero-order chi connectivity index (χ0) is 11.4. The summed E-state index contributed by atoms with van der Waals surface area (Å²) in [6.07, 6.45) is 2.74. The molecule has 1 atom stereocenters. The maximum absolute atomic E-state index is 5.54. The molecule has 0 amide bonds. The zero-order valence-electron chi connectivity index (χ0n) is 8.80. The number of nitrogens with one attached hydrogen (secondary N) is 1. The lowest BCUT2D eigenvalue weighted by molar-refractivity contribution is 0.429. The average molecular weight is 337 g/mol. The van der Waals surface area contributed by atoms with E-state index in [4.69, 9.17) is 5.84 Å². The first kappa shape index (κ1) is 13.1. The number of hydrogen-bond acceptors (Lipinski definition) is 3. The number of nitrogens with zero attached hydrogens (tertiary/aromatic N) is 1. The summed E-state index contributed by atoms with van der Waals surface area (Å²) in [4.78, 5) is 4.37. The molecule has 0 aliphatic rings. The van der Waals surface area contributed by atoms with Crippen LogP contribution in [0, 0.1) is 5.92 Å². The van der Waals surface area contributed by atoms with E-state index in [0.29, 0.717) is 5.92 Å². The summed E-state index contributed by atoms with van der Waals surface area (Å²) in [5.74, 6) is 6.11. The van der Waals surface area contributed by atoms with Gasteiger partial charge in [0.15, 0.2) is 0 Å². The lowest BCUT2D eigenvalue weighted by Crippen LogP contribution is -2.30. The molecule has 1 unspecified atom stereocenters. The Labute approximate surface area is 107 Å². The van der Waals surface area contributed by atoms with Crippen LogP contribution >= 0.6 is 31.9 Å². The third kappa shape index (κ3) is 3.83. The van der Waals surface area contributed by atoms with Gasteiger partial charge in [-0.2, -0.15) is 0 Å². The highest BCUT2D eigenvalue weighted by molar-refractivity contribution is 9.11. The van der Waals surface area contributed by atoms with Gasteiger partial charge in [0.25, 0.3) is 0 Å². The molecule has 1 aromatic rings. The standard InChI is InChI=1S/C10H15Br2N3/c1-6(2)3-9(15-13)10-8(12)4-7(11)5-14-10/h4-6,9,15H,3,13H2,1-2H3. The smallest absolute Gasteiger partial charge is 0.0729 e. The number of rotatable bonds is 4. The molecule has 15 heavy (non-hydrogen) atoms. The Balaban J connectivity index is 2.91. The summed E-state index contributed by atoms with van der Waals surface area (Å²) in [7, 11) is 0. The van der Waals surface area contributed by atoms with E-state index in [-0.39, 0.29) is 6.04 Å². The Morgan fingerprint density at radius 3 is 2.60 bits per heavy atom. The second-order valence-corrected chi connectivity index (χ2v) is 5.64. The number of nitrogens with two attached hydrogens (primary N) is 1. The van der Waals surface area contributed by atoms with Crippen LogP contribution in [0.5, 0.6) is 0 Å². The molecule has 1 rings (SSSR count). The van der Waals surface area contributed by atoms with Crippen molar-refractivity contribution in [1.29, 1.82) is 0 Å². The molecular formula is C10H15Br2N3. The summed E-state index contributed by atoms with van der Waals surface area (Å²) in [6, 6.07) is 2.07. The molecule has 0 aromatic carbocycles. The molecule has 0 saturated carbocycles. The molecule has 3 N–H and O–H groups in total. The van der Waals surface area contributed by atoms with Crippen molar-refractivity contribution in [2.75, 3.05) is 0 Å². The van der Waals surface area contributed by atoms with E-state index in [2.05, 4.69) is 56.1 Å². The zero-order valence-corrected chi connectivity index (χ0v) is 12.0. The predicted molar refractivity (Wildman–Crippen MR) is 69.2 cm³/mol. The summed E-state index contributed by atoms with van der Waals surface area (Å²) in [5, 5.41) is 0. The minimum absolute atomic E-state index is 0.0903. The van der Waals surface area contributed by atoms with Crippen LogP contribution in [0.25, 0.3) is 0 Å². The highest BCUT2D eigenvalue weighted by Gasteiger charge is 2.16. The fraction of sp³-hybridized carbons (Fsp3) is 0.500. The van der Waals surface area contributed by atoms with Gasteiger partial charge >= 0.3 is 0 Å². The molecule has 0 bridgehead atoms. The molecule has 0 aliphatic heterocycles. The van der Waals surface area contributed by atoms with Crippen molar-refractivity contribution in [2.45, 2.75) is 26.3 Å². The van der Waals surface area contributed by atoms with E-state index in [0.717, 1.165) is 21.1 Å². The van der Waals surface area contributed by atoms with E-state index < -0.39 is 0 Å².